The summed E-state index contributed by atoms with van der Waals surface area (Å²) in [5, 5.41) is 7.04. The van der Waals surface area contributed by atoms with E-state index >= 15 is 0 Å². The Morgan fingerprint density at radius 3 is 2.47 bits per heavy atom. The fourth-order valence-corrected chi connectivity index (χ4v) is 2.53. The van der Waals surface area contributed by atoms with Gasteiger partial charge in [-0.05, 0) is 5.56 Å². The van der Waals surface area contributed by atoms with E-state index in [0.717, 1.165) is 13.1 Å². The van der Waals surface area contributed by atoms with Gasteiger partial charge in [0.15, 0.2) is 0 Å². The molecule has 2 unspecified atom stereocenters. The summed E-state index contributed by atoms with van der Waals surface area (Å²) in [6.07, 6.45) is 0. The van der Waals surface area contributed by atoms with E-state index in [-0.39, 0.29) is 19.1 Å². The molecule has 3 rings (SSSR count). The molecule has 2 aliphatic heterocycles. The maximum absolute atomic E-state index is 5.62. The Labute approximate surface area is 102 Å². The number of rotatable bonds is 2. The van der Waals surface area contributed by atoms with Gasteiger partial charge < -0.3 is 19.9 Å². The number of benzene rings is 1. The van der Waals surface area contributed by atoms with Crippen LogP contribution >= 0.6 is 0 Å². The number of hydrogen-bond donors (Lipinski definition) is 2. The first-order valence-electron chi connectivity index (χ1n) is 6.20. The van der Waals surface area contributed by atoms with Gasteiger partial charge in [0.25, 0.3) is 0 Å². The van der Waals surface area contributed by atoms with Gasteiger partial charge in [-0.15, -0.1) is 0 Å². The summed E-state index contributed by atoms with van der Waals surface area (Å²) < 4.78 is 11.2. The molecule has 0 aromatic heterocycles. The van der Waals surface area contributed by atoms with Gasteiger partial charge in [0.2, 0.25) is 0 Å². The van der Waals surface area contributed by atoms with Crippen LogP contribution in [0.5, 0.6) is 0 Å². The zero-order valence-corrected chi connectivity index (χ0v) is 9.76. The third kappa shape index (κ3) is 2.37. The van der Waals surface area contributed by atoms with Crippen molar-refractivity contribution >= 4 is 7.12 Å². The zero-order valence-electron chi connectivity index (χ0n) is 9.76. The molecule has 2 fully saturated rings. The van der Waals surface area contributed by atoms with Crippen LogP contribution in [0.3, 0.4) is 0 Å². The van der Waals surface area contributed by atoms with E-state index in [2.05, 4.69) is 34.9 Å². The highest BCUT2D eigenvalue weighted by atomic mass is 16.6. The first-order chi connectivity index (χ1) is 8.45. The number of hydrogen-bond acceptors (Lipinski definition) is 4. The monoisotopic (exact) mass is 232 g/mol. The minimum atomic E-state index is -0.131. The van der Waals surface area contributed by atoms with Gasteiger partial charge in [-0.2, -0.15) is 0 Å². The van der Waals surface area contributed by atoms with Gasteiger partial charge in [0, 0.05) is 19.1 Å². The maximum atomic E-state index is 5.62. The van der Waals surface area contributed by atoms with Crippen LogP contribution in [0.2, 0.25) is 0 Å². The van der Waals surface area contributed by atoms with E-state index in [4.69, 9.17) is 9.31 Å². The Hall–Kier alpha value is -0.875. The summed E-state index contributed by atoms with van der Waals surface area (Å²) in [7, 11) is -0.131. The Kier molecular flexibility index (Phi) is 3.42. The minimum Gasteiger partial charge on any atom is -0.408 e. The van der Waals surface area contributed by atoms with Crippen molar-refractivity contribution in [3.8, 4) is 0 Å². The van der Waals surface area contributed by atoms with Gasteiger partial charge in [-0.1, -0.05) is 30.3 Å². The molecule has 5 heteroatoms. The topological polar surface area (TPSA) is 42.5 Å². The first kappa shape index (κ1) is 11.2. The van der Waals surface area contributed by atoms with Crippen LogP contribution < -0.4 is 10.6 Å². The molecule has 1 aromatic carbocycles. The van der Waals surface area contributed by atoms with E-state index in [1.807, 2.05) is 6.07 Å². The lowest BCUT2D eigenvalue weighted by Crippen LogP contribution is -2.58. The SMILES string of the molecule is c1ccc(C2NCCNC2B2OCCO2)cc1. The molecular formula is C12H17BN2O2. The minimum absolute atomic E-state index is 0.131. The van der Waals surface area contributed by atoms with Crippen LogP contribution in [0.15, 0.2) is 30.3 Å². The molecular weight excluding hydrogens is 215 g/mol. The van der Waals surface area contributed by atoms with Crippen LogP contribution in [-0.2, 0) is 9.31 Å². The Morgan fingerprint density at radius 1 is 1.00 bits per heavy atom. The third-order valence-electron chi connectivity index (χ3n) is 3.33. The van der Waals surface area contributed by atoms with E-state index in [9.17, 15) is 0 Å². The molecule has 0 spiro atoms. The van der Waals surface area contributed by atoms with Crippen molar-refractivity contribution in [2.24, 2.45) is 0 Å². The molecule has 0 bridgehead atoms. The molecule has 2 N–H and O–H groups in total. The van der Waals surface area contributed by atoms with Crippen molar-refractivity contribution in [3.05, 3.63) is 35.9 Å². The first-order valence-corrected chi connectivity index (χ1v) is 6.20. The summed E-state index contributed by atoms with van der Waals surface area (Å²) in [5.41, 5.74) is 1.28. The van der Waals surface area contributed by atoms with Crippen LogP contribution in [-0.4, -0.2) is 39.4 Å². The summed E-state index contributed by atoms with van der Waals surface area (Å²) in [5.74, 6) is 0.189. The largest absolute Gasteiger partial charge is 0.477 e. The lowest BCUT2D eigenvalue weighted by Gasteiger charge is -2.34. The van der Waals surface area contributed by atoms with E-state index in [1.165, 1.54) is 5.56 Å². The summed E-state index contributed by atoms with van der Waals surface area (Å²) in [6.45, 7) is 3.33. The van der Waals surface area contributed by atoms with Crippen molar-refractivity contribution in [2.75, 3.05) is 26.3 Å². The van der Waals surface area contributed by atoms with E-state index in [0.29, 0.717) is 13.2 Å². The van der Waals surface area contributed by atoms with Crippen molar-refractivity contribution in [1.82, 2.24) is 10.6 Å². The average molecular weight is 232 g/mol. The highest BCUT2D eigenvalue weighted by Crippen LogP contribution is 2.22. The van der Waals surface area contributed by atoms with Gasteiger partial charge >= 0.3 is 7.12 Å². The summed E-state index contributed by atoms with van der Waals surface area (Å²) >= 11 is 0. The Bertz CT molecular complexity index is 357. The fraction of sp³-hybridized carbons (Fsp3) is 0.500. The van der Waals surface area contributed by atoms with Crippen LogP contribution in [0, 0.1) is 0 Å². The lowest BCUT2D eigenvalue weighted by atomic mass is 9.71. The number of nitrogens with one attached hydrogen (secondary N) is 2. The summed E-state index contributed by atoms with van der Waals surface area (Å²) in [4.78, 5) is 0. The molecule has 2 atom stereocenters. The van der Waals surface area contributed by atoms with Gasteiger partial charge in [0.1, 0.15) is 0 Å². The lowest BCUT2D eigenvalue weighted by molar-refractivity contribution is 0.295. The zero-order chi connectivity index (χ0) is 11.5. The van der Waals surface area contributed by atoms with E-state index < -0.39 is 0 Å². The second-order valence-electron chi connectivity index (χ2n) is 4.43. The molecule has 2 heterocycles. The Morgan fingerprint density at radius 2 is 1.71 bits per heavy atom. The molecule has 4 nitrogen and oxygen atoms in total. The molecule has 90 valence electrons. The molecule has 0 radical (unpaired) electrons. The molecule has 1 aromatic rings. The predicted molar refractivity (Wildman–Crippen MR) is 66.6 cm³/mol. The molecule has 0 amide bonds. The highest BCUT2D eigenvalue weighted by Gasteiger charge is 2.40. The van der Waals surface area contributed by atoms with Crippen LogP contribution in [0.25, 0.3) is 0 Å². The Balaban J connectivity index is 1.80. The smallest absolute Gasteiger partial charge is 0.408 e. The van der Waals surface area contributed by atoms with Crippen molar-refractivity contribution in [2.45, 2.75) is 12.0 Å². The van der Waals surface area contributed by atoms with Gasteiger partial charge in [-0.3, -0.25) is 0 Å². The summed E-state index contributed by atoms with van der Waals surface area (Å²) in [6, 6.07) is 10.7. The molecule has 17 heavy (non-hydrogen) atoms. The molecule has 0 aliphatic carbocycles. The van der Waals surface area contributed by atoms with Crippen molar-refractivity contribution in [1.29, 1.82) is 0 Å². The van der Waals surface area contributed by atoms with E-state index in [1.54, 1.807) is 0 Å². The average Bonchev–Trinajstić information content (AvgIpc) is 2.94. The second-order valence-corrected chi connectivity index (χ2v) is 4.43. The third-order valence-corrected chi connectivity index (χ3v) is 3.33. The quantitative estimate of drug-likeness (QED) is 0.722. The van der Waals surface area contributed by atoms with Crippen molar-refractivity contribution < 1.29 is 9.31 Å². The standard InChI is InChI=1S/C12H17BN2O2/c1-2-4-10(5-3-1)11-12(15-7-6-14-11)13-16-8-9-17-13/h1-5,11-12,14-15H,6-9H2. The fourth-order valence-electron chi connectivity index (χ4n) is 2.53. The van der Waals surface area contributed by atoms with Gasteiger partial charge in [0.05, 0.1) is 19.2 Å². The highest BCUT2D eigenvalue weighted by molar-refractivity contribution is 6.47. The normalized spacial score (nSPS) is 29.5. The molecule has 0 saturated carbocycles. The predicted octanol–water partition coefficient (Wildman–Crippen LogP) is 0.363. The number of piperazine rings is 1. The second kappa shape index (κ2) is 5.18. The molecule has 2 saturated heterocycles. The van der Waals surface area contributed by atoms with Gasteiger partial charge in [-0.25, -0.2) is 0 Å². The van der Waals surface area contributed by atoms with Crippen LogP contribution in [0.4, 0.5) is 0 Å². The van der Waals surface area contributed by atoms with Crippen molar-refractivity contribution in [3.63, 3.8) is 0 Å². The van der Waals surface area contributed by atoms with Crippen LogP contribution in [0.1, 0.15) is 11.6 Å². The maximum Gasteiger partial charge on any atom is 0.477 e. The molecule has 2 aliphatic rings.